The number of benzene rings is 2. The van der Waals surface area contributed by atoms with Crippen LogP contribution in [0.1, 0.15) is 34.5 Å². The van der Waals surface area contributed by atoms with Gasteiger partial charge in [0.2, 0.25) is 0 Å². The van der Waals surface area contributed by atoms with Gasteiger partial charge in [0.25, 0.3) is 5.56 Å². The van der Waals surface area contributed by atoms with Crippen LogP contribution >= 0.6 is 0 Å². The average molecular weight is 345 g/mol. The molecule has 1 heterocycles. The molecule has 1 aliphatic rings. The summed E-state index contributed by atoms with van der Waals surface area (Å²) < 4.78 is 7.36. The Balaban J connectivity index is 1.79. The number of carbonyl (C=O) groups excluding carboxylic acids is 1. The van der Waals surface area contributed by atoms with E-state index in [-0.39, 0.29) is 5.56 Å². The molecule has 4 heteroatoms. The highest BCUT2D eigenvalue weighted by molar-refractivity contribution is 5.91. The number of hydrogen-bond donors (Lipinski definition) is 0. The lowest BCUT2D eigenvalue weighted by atomic mass is 9.94. The smallest absolute Gasteiger partial charge is 0.343 e. The molecule has 1 aliphatic carbocycles. The summed E-state index contributed by atoms with van der Waals surface area (Å²) >= 11 is 0. The van der Waals surface area contributed by atoms with Crippen LogP contribution in [0.15, 0.2) is 71.5 Å². The number of esters is 1. The number of rotatable bonds is 3. The van der Waals surface area contributed by atoms with Crippen molar-refractivity contribution in [3.63, 3.8) is 0 Å². The summed E-state index contributed by atoms with van der Waals surface area (Å²) in [5.41, 5.74) is 3.06. The maximum absolute atomic E-state index is 12.8. The lowest BCUT2D eigenvalue weighted by molar-refractivity contribution is 0.0732. The number of carbonyl (C=O) groups is 1. The number of hydrogen-bond acceptors (Lipinski definition) is 3. The van der Waals surface area contributed by atoms with Gasteiger partial charge in [-0.25, -0.2) is 4.79 Å². The second-order valence-electron chi connectivity index (χ2n) is 6.41. The van der Waals surface area contributed by atoms with Crippen LogP contribution in [0.5, 0.6) is 5.75 Å². The third kappa shape index (κ3) is 3.06. The van der Waals surface area contributed by atoms with Gasteiger partial charge in [-0.15, -0.1) is 0 Å². The summed E-state index contributed by atoms with van der Waals surface area (Å²) in [5, 5.41) is 0. The van der Waals surface area contributed by atoms with Crippen molar-refractivity contribution in [2.75, 3.05) is 0 Å². The molecule has 3 aromatic rings. The van der Waals surface area contributed by atoms with E-state index in [2.05, 4.69) is 0 Å². The summed E-state index contributed by atoms with van der Waals surface area (Å²) in [5.74, 6) is -0.0408. The van der Waals surface area contributed by atoms with E-state index in [1.54, 1.807) is 28.8 Å². The van der Waals surface area contributed by atoms with Gasteiger partial charge in [0, 0.05) is 23.0 Å². The highest BCUT2D eigenvalue weighted by Gasteiger charge is 2.22. The SMILES string of the molecule is O=C(Oc1cc(=O)n(-c2ccccc2)c2c1CCCC2)c1ccccc1. The third-order valence-electron chi connectivity index (χ3n) is 4.71. The van der Waals surface area contributed by atoms with Gasteiger partial charge in [0.15, 0.2) is 0 Å². The standard InChI is InChI=1S/C22H19NO3/c24-21-15-20(26-22(25)16-9-3-1-4-10-16)18-13-7-8-14-19(18)23(21)17-11-5-2-6-12-17/h1-6,9-12,15H,7-8,13-14H2. The number of para-hydroxylation sites is 1. The van der Waals surface area contributed by atoms with Crippen LogP contribution in [0, 0.1) is 0 Å². The summed E-state index contributed by atoms with van der Waals surface area (Å²) in [6.45, 7) is 0. The molecule has 0 saturated heterocycles. The van der Waals surface area contributed by atoms with E-state index in [9.17, 15) is 9.59 Å². The van der Waals surface area contributed by atoms with Crippen molar-refractivity contribution in [1.82, 2.24) is 4.57 Å². The van der Waals surface area contributed by atoms with Crippen LogP contribution in [0.3, 0.4) is 0 Å². The molecule has 0 amide bonds. The molecule has 2 aromatic carbocycles. The Kier molecular flexibility index (Phi) is 4.40. The van der Waals surface area contributed by atoms with Crippen molar-refractivity contribution in [2.45, 2.75) is 25.7 Å². The first kappa shape index (κ1) is 16.3. The second kappa shape index (κ2) is 7.00. The minimum Gasteiger partial charge on any atom is -0.422 e. The monoisotopic (exact) mass is 345 g/mol. The third-order valence-corrected chi connectivity index (χ3v) is 4.71. The Labute approximate surface area is 151 Å². The molecule has 0 N–H and O–H groups in total. The first-order valence-electron chi connectivity index (χ1n) is 8.84. The van der Waals surface area contributed by atoms with Gasteiger partial charge in [0.05, 0.1) is 5.56 Å². The predicted molar refractivity (Wildman–Crippen MR) is 100 cm³/mol. The van der Waals surface area contributed by atoms with Gasteiger partial charge in [-0.1, -0.05) is 36.4 Å². The van der Waals surface area contributed by atoms with Gasteiger partial charge in [0.1, 0.15) is 5.75 Å². The Bertz CT molecular complexity index is 991. The molecule has 0 bridgehead atoms. The Hall–Kier alpha value is -3.14. The van der Waals surface area contributed by atoms with Gasteiger partial charge >= 0.3 is 5.97 Å². The van der Waals surface area contributed by atoms with E-state index in [4.69, 9.17) is 4.74 Å². The fourth-order valence-electron chi connectivity index (χ4n) is 3.48. The largest absolute Gasteiger partial charge is 0.422 e. The van der Waals surface area contributed by atoms with E-state index >= 15 is 0 Å². The molecular weight excluding hydrogens is 326 g/mol. The van der Waals surface area contributed by atoms with Crippen LogP contribution in [-0.2, 0) is 12.8 Å². The van der Waals surface area contributed by atoms with Crippen LogP contribution in [0.4, 0.5) is 0 Å². The first-order valence-corrected chi connectivity index (χ1v) is 8.84. The molecule has 1 aromatic heterocycles. The van der Waals surface area contributed by atoms with Crippen molar-refractivity contribution >= 4 is 5.97 Å². The molecule has 0 saturated carbocycles. The van der Waals surface area contributed by atoms with Gasteiger partial charge in [-0.3, -0.25) is 9.36 Å². The van der Waals surface area contributed by atoms with E-state index in [1.807, 2.05) is 36.4 Å². The van der Waals surface area contributed by atoms with E-state index in [0.29, 0.717) is 11.3 Å². The zero-order chi connectivity index (χ0) is 17.9. The first-order chi connectivity index (χ1) is 12.7. The molecule has 0 fully saturated rings. The van der Waals surface area contributed by atoms with E-state index in [0.717, 1.165) is 42.6 Å². The zero-order valence-corrected chi connectivity index (χ0v) is 14.4. The molecule has 0 spiro atoms. The zero-order valence-electron chi connectivity index (χ0n) is 14.4. The molecule has 0 atom stereocenters. The lowest BCUT2D eigenvalue weighted by Crippen LogP contribution is -2.26. The normalized spacial score (nSPS) is 13.1. The number of ether oxygens (including phenoxy) is 1. The molecule has 0 unspecified atom stereocenters. The van der Waals surface area contributed by atoms with Crippen LogP contribution in [-0.4, -0.2) is 10.5 Å². The van der Waals surface area contributed by atoms with Crippen molar-refractivity contribution in [2.24, 2.45) is 0 Å². The fraction of sp³-hybridized carbons (Fsp3) is 0.182. The summed E-state index contributed by atoms with van der Waals surface area (Å²) in [6.07, 6.45) is 3.65. The molecule has 26 heavy (non-hydrogen) atoms. The minimum atomic E-state index is -0.435. The topological polar surface area (TPSA) is 48.3 Å². The number of nitrogens with zero attached hydrogens (tertiary/aromatic N) is 1. The van der Waals surface area contributed by atoms with Gasteiger partial charge in [-0.05, 0) is 49.9 Å². The van der Waals surface area contributed by atoms with Crippen LogP contribution < -0.4 is 10.3 Å². The van der Waals surface area contributed by atoms with Gasteiger partial charge < -0.3 is 4.74 Å². The minimum absolute atomic E-state index is 0.173. The number of aromatic nitrogens is 1. The molecule has 4 nitrogen and oxygen atoms in total. The quantitative estimate of drug-likeness (QED) is 0.676. The van der Waals surface area contributed by atoms with Crippen molar-refractivity contribution in [3.05, 3.63) is 93.9 Å². The highest BCUT2D eigenvalue weighted by Crippen LogP contribution is 2.30. The lowest BCUT2D eigenvalue weighted by Gasteiger charge is -2.23. The number of pyridine rings is 1. The van der Waals surface area contributed by atoms with E-state index < -0.39 is 5.97 Å². The Morgan fingerprint density at radius 3 is 2.27 bits per heavy atom. The Morgan fingerprint density at radius 2 is 1.54 bits per heavy atom. The molecule has 0 aliphatic heterocycles. The van der Waals surface area contributed by atoms with Crippen molar-refractivity contribution in [3.8, 4) is 11.4 Å². The summed E-state index contributed by atoms with van der Waals surface area (Å²) in [6, 6.07) is 19.9. The molecule has 130 valence electrons. The van der Waals surface area contributed by atoms with Crippen molar-refractivity contribution < 1.29 is 9.53 Å². The molecule has 0 radical (unpaired) electrons. The van der Waals surface area contributed by atoms with E-state index in [1.165, 1.54) is 6.07 Å². The van der Waals surface area contributed by atoms with Crippen LogP contribution in [0.2, 0.25) is 0 Å². The number of fused-ring (bicyclic) bond motifs is 1. The second-order valence-corrected chi connectivity index (χ2v) is 6.41. The average Bonchev–Trinajstić information content (AvgIpc) is 2.69. The maximum Gasteiger partial charge on any atom is 0.343 e. The van der Waals surface area contributed by atoms with Crippen LogP contribution in [0.25, 0.3) is 5.69 Å². The Morgan fingerprint density at radius 1 is 0.885 bits per heavy atom. The highest BCUT2D eigenvalue weighted by atomic mass is 16.5. The van der Waals surface area contributed by atoms with Gasteiger partial charge in [-0.2, -0.15) is 0 Å². The molecular formula is C22H19NO3. The van der Waals surface area contributed by atoms with Crippen molar-refractivity contribution in [1.29, 1.82) is 0 Å². The predicted octanol–water partition coefficient (Wildman–Crippen LogP) is 3.94. The molecule has 4 rings (SSSR count). The fourth-order valence-corrected chi connectivity index (χ4v) is 3.48. The maximum atomic E-state index is 12.8. The summed E-state index contributed by atoms with van der Waals surface area (Å²) in [4.78, 5) is 25.2. The summed E-state index contributed by atoms with van der Waals surface area (Å²) in [7, 11) is 0.